The lowest BCUT2D eigenvalue weighted by Gasteiger charge is -2.09. The summed E-state index contributed by atoms with van der Waals surface area (Å²) in [5, 5.41) is 1.65. The van der Waals surface area contributed by atoms with Crippen LogP contribution in [0.3, 0.4) is 0 Å². The van der Waals surface area contributed by atoms with Gasteiger partial charge >= 0.3 is 0 Å². The maximum absolute atomic E-state index is 12.3. The van der Waals surface area contributed by atoms with Gasteiger partial charge in [0.1, 0.15) is 9.97 Å². The maximum Gasteiger partial charge on any atom is 0.271 e. The Hall–Kier alpha value is -2.14. The molecule has 10 heteroatoms. The van der Waals surface area contributed by atoms with Crippen molar-refractivity contribution in [2.24, 2.45) is 0 Å². The van der Waals surface area contributed by atoms with Gasteiger partial charge in [0.25, 0.3) is 10.0 Å². The summed E-state index contributed by atoms with van der Waals surface area (Å²) in [5.74, 6) is 0.470. The number of furan rings is 1. The van der Waals surface area contributed by atoms with Gasteiger partial charge in [-0.3, -0.25) is 4.72 Å². The maximum atomic E-state index is 12.3. The predicted octanol–water partition coefficient (Wildman–Crippen LogP) is 2.62. The number of hydrogen-bond acceptors (Lipinski definition) is 6. The minimum absolute atomic E-state index is 0.000480. The summed E-state index contributed by atoms with van der Waals surface area (Å²) in [7, 11) is -7.55. The first-order valence-corrected chi connectivity index (χ1v) is 10.9. The van der Waals surface area contributed by atoms with Crippen LogP contribution < -0.4 is 9.44 Å². The van der Waals surface area contributed by atoms with Gasteiger partial charge < -0.3 is 4.42 Å². The molecule has 3 aromatic rings. The highest BCUT2D eigenvalue weighted by molar-refractivity contribution is 7.94. The van der Waals surface area contributed by atoms with Gasteiger partial charge in [0.05, 0.1) is 23.4 Å². The molecule has 0 saturated carbocycles. The molecule has 0 amide bonds. The third-order valence-electron chi connectivity index (χ3n) is 3.17. The predicted molar refractivity (Wildman–Crippen MR) is 94.3 cm³/mol. The molecule has 2 aromatic heterocycles. The quantitative estimate of drug-likeness (QED) is 0.636. The monoisotopic (exact) mass is 398 g/mol. The minimum atomic E-state index is -3.81. The van der Waals surface area contributed by atoms with Crippen molar-refractivity contribution in [3.63, 3.8) is 0 Å². The Balaban J connectivity index is 1.79. The lowest BCUT2D eigenvalue weighted by Crippen LogP contribution is -2.23. The van der Waals surface area contributed by atoms with Crippen LogP contribution in [0.25, 0.3) is 0 Å². The van der Waals surface area contributed by atoms with Crippen molar-refractivity contribution in [1.29, 1.82) is 0 Å². The number of sulfonamides is 2. The molecule has 132 valence electrons. The lowest BCUT2D eigenvalue weighted by molar-refractivity contribution is 0.498. The summed E-state index contributed by atoms with van der Waals surface area (Å²) in [5.41, 5.74) is 0.161. The topological polar surface area (TPSA) is 105 Å². The van der Waals surface area contributed by atoms with E-state index < -0.39 is 20.0 Å². The second-order valence-electron chi connectivity index (χ2n) is 4.97. The van der Waals surface area contributed by atoms with Crippen molar-refractivity contribution in [3.05, 3.63) is 65.9 Å². The van der Waals surface area contributed by atoms with Crippen LogP contribution in [0.2, 0.25) is 0 Å². The molecule has 0 aliphatic rings. The van der Waals surface area contributed by atoms with E-state index in [-0.39, 0.29) is 21.3 Å². The smallest absolute Gasteiger partial charge is 0.271 e. The van der Waals surface area contributed by atoms with Crippen LogP contribution in [0.4, 0.5) is 5.69 Å². The molecule has 2 heterocycles. The van der Waals surface area contributed by atoms with Gasteiger partial charge in [-0.15, -0.1) is 11.3 Å². The number of hydrogen-bond donors (Lipinski definition) is 2. The van der Waals surface area contributed by atoms with E-state index in [1.807, 2.05) is 0 Å². The van der Waals surface area contributed by atoms with E-state index in [2.05, 4.69) is 9.44 Å². The first-order valence-electron chi connectivity index (χ1n) is 7.05. The van der Waals surface area contributed by atoms with E-state index in [4.69, 9.17) is 4.42 Å². The molecule has 0 radical (unpaired) electrons. The molecular weight excluding hydrogens is 384 g/mol. The summed E-state index contributed by atoms with van der Waals surface area (Å²) in [6.07, 6.45) is 1.45. The summed E-state index contributed by atoms with van der Waals surface area (Å²) in [6, 6.07) is 12.0. The average molecular weight is 398 g/mol. The van der Waals surface area contributed by atoms with E-state index in [0.717, 1.165) is 11.3 Å². The molecular formula is C15H14N2O5S3. The van der Waals surface area contributed by atoms with E-state index in [0.29, 0.717) is 5.76 Å². The molecule has 2 N–H and O–H groups in total. The Labute approximate surface area is 149 Å². The number of rotatable bonds is 7. The zero-order valence-corrected chi connectivity index (χ0v) is 15.2. The SMILES string of the molecule is O=S(=O)(NCc1ccco1)c1cccc(NS(=O)(=O)c2cccs2)c1. The molecule has 0 aliphatic heterocycles. The van der Waals surface area contributed by atoms with Gasteiger partial charge in [-0.05, 0) is 41.8 Å². The minimum Gasteiger partial charge on any atom is -0.468 e. The second-order valence-corrected chi connectivity index (χ2v) is 9.59. The Morgan fingerprint density at radius 3 is 2.48 bits per heavy atom. The summed E-state index contributed by atoms with van der Waals surface area (Å²) >= 11 is 1.07. The van der Waals surface area contributed by atoms with E-state index >= 15 is 0 Å². The summed E-state index contributed by atoms with van der Waals surface area (Å²) in [4.78, 5) is -0.0505. The fraction of sp³-hybridized carbons (Fsp3) is 0.0667. The Morgan fingerprint density at radius 1 is 0.960 bits per heavy atom. The van der Waals surface area contributed by atoms with Crippen LogP contribution >= 0.6 is 11.3 Å². The molecule has 0 saturated heterocycles. The Morgan fingerprint density at radius 2 is 1.80 bits per heavy atom. The molecule has 7 nitrogen and oxygen atoms in total. The van der Waals surface area contributed by atoms with Crippen LogP contribution in [0.5, 0.6) is 0 Å². The zero-order valence-electron chi connectivity index (χ0n) is 12.7. The Kier molecular flexibility index (Phi) is 4.95. The molecule has 0 fully saturated rings. The zero-order chi connectivity index (χ0) is 17.9. The van der Waals surface area contributed by atoms with Crippen LogP contribution in [0.1, 0.15) is 5.76 Å². The van der Waals surface area contributed by atoms with Gasteiger partial charge in [-0.2, -0.15) is 0 Å². The van der Waals surface area contributed by atoms with Crippen LogP contribution in [0, 0.1) is 0 Å². The molecule has 25 heavy (non-hydrogen) atoms. The highest BCUT2D eigenvalue weighted by Crippen LogP contribution is 2.22. The molecule has 0 bridgehead atoms. The standard InChI is InChI=1S/C15H14N2O5S3/c18-24(19,16-11-13-5-2-8-22-13)14-6-1-4-12(10-14)17-25(20,21)15-7-3-9-23-15/h1-10,16-17H,11H2. The Bertz CT molecular complexity index is 1040. The second kappa shape index (κ2) is 7.00. The average Bonchev–Trinajstić information content (AvgIpc) is 3.27. The van der Waals surface area contributed by atoms with Crippen LogP contribution in [-0.2, 0) is 26.6 Å². The third-order valence-corrected chi connectivity index (χ3v) is 7.35. The highest BCUT2D eigenvalue weighted by Gasteiger charge is 2.18. The van der Waals surface area contributed by atoms with Crippen molar-refractivity contribution in [2.45, 2.75) is 15.6 Å². The third kappa shape index (κ3) is 4.28. The van der Waals surface area contributed by atoms with Crippen LogP contribution in [-0.4, -0.2) is 16.8 Å². The lowest BCUT2D eigenvalue weighted by atomic mass is 10.3. The van der Waals surface area contributed by atoms with Crippen molar-refractivity contribution < 1.29 is 21.3 Å². The molecule has 1 aromatic carbocycles. The van der Waals surface area contributed by atoms with E-state index in [1.165, 1.54) is 36.6 Å². The first-order chi connectivity index (χ1) is 11.9. The largest absolute Gasteiger partial charge is 0.468 e. The van der Waals surface area contributed by atoms with Crippen molar-refractivity contribution in [1.82, 2.24) is 4.72 Å². The van der Waals surface area contributed by atoms with Gasteiger partial charge in [-0.25, -0.2) is 21.6 Å². The van der Waals surface area contributed by atoms with Crippen LogP contribution in [0.15, 0.2) is 73.7 Å². The number of nitrogens with one attached hydrogen (secondary N) is 2. The van der Waals surface area contributed by atoms with Crippen molar-refractivity contribution in [3.8, 4) is 0 Å². The summed E-state index contributed by atoms with van der Waals surface area (Å²) < 4.78 is 59.1. The molecule has 0 unspecified atom stereocenters. The molecule has 3 rings (SSSR count). The fourth-order valence-corrected chi connectivity index (χ4v) is 5.09. The molecule has 0 atom stereocenters. The fourth-order valence-electron chi connectivity index (χ4n) is 2.01. The van der Waals surface area contributed by atoms with E-state index in [1.54, 1.807) is 23.6 Å². The van der Waals surface area contributed by atoms with Gasteiger partial charge in [0, 0.05) is 0 Å². The van der Waals surface area contributed by atoms with Gasteiger partial charge in [0.15, 0.2) is 0 Å². The molecule has 0 aliphatic carbocycles. The normalized spacial score (nSPS) is 12.2. The van der Waals surface area contributed by atoms with Gasteiger partial charge in [-0.1, -0.05) is 12.1 Å². The number of benzene rings is 1. The van der Waals surface area contributed by atoms with Crippen molar-refractivity contribution in [2.75, 3.05) is 4.72 Å². The number of thiophene rings is 1. The first kappa shape index (κ1) is 17.7. The van der Waals surface area contributed by atoms with E-state index in [9.17, 15) is 16.8 Å². The van der Waals surface area contributed by atoms with Crippen molar-refractivity contribution >= 4 is 37.1 Å². The summed E-state index contributed by atoms with van der Waals surface area (Å²) in [6.45, 7) is 0.000480. The highest BCUT2D eigenvalue weighted by atomic mass is 32.2. The van der Waals surface area contributed by atoms with Gasteiger partial charge in [0.2, 0.25) is 10.0 Å². The molecule has 0 spiro atoms. The number of anilines is 1.